The van der Waals surface area contributed by atoms with Gasteiger partial charge in [0.15, 0.2) is 0 Å². The molecule has 5 rings (SSSR count). The molecule has 3 nitrogen and oxygen atoms in total. The highest BCUT2D eigenvalue weighted by Crippen LogP contribution is 2.43. The smallest absolute Gasteiger partial charge is 0.264 e. The minimum atomic E-state index is 0.160. The summed E-state index contributed by atoms with van der Waals surface area (Å²) in [6.45, 7) is 1.27. The van der Waals surface area contributed by atoms with Gasteiger partial charge in [0.25, 0.3) is 5.91 Å². The molecule has 5 heteroatoms. The van der Waals surface area contributed by atoms with Gasteiger partial charge in [-0.3, -0.25) is 4.79 Å². The Balaban J connectivity index is 1.47. The van der Waals surface area contributed by atoms with Crippen LogP contribution in [0.2, 0.25) is 0 Å². The zero-order valence-corrected chi connectivity index (χ0v) is 15.2. The standard InChI is InChI=1S/C20H17NO2S2/c22-20(21(14-7-8-14)11-15-4-3-9-24-15)18-10-13-12-23-17-6-2-1-5-16(17)19(13)25-18/h1-6,9-10,14H,7-8,11-12H2. The van der Waals surface area contributed by atoms with E-state index < -0.39 is 0 Å². The first-order valence-corrected chi connectivity index (χ1v) is 10.2. The van der Waals surface area contributed by atoms with Crippen LogP contribution in [0.15, 0.2) is 47.8 Å². The number of carbonyl (C=O) groups excluding carboxylic acids is 1. The Hall–Kier alpha value is -2.11. The van der Waals surface area contributed by atoms with Crippen molar-refractivity contribution in [2.75, 3.05) is 0 Å². The number of carbonyl (C=O) groups is 1. The number of para-hydroxylation sites is 1. The number of fused-ring (bicyclic) bond motifs is 3. The van der Waals surface area contributed by atoms with E-state index in [1.807, 2.05) is 30.3 Å². The van der Waals surface area contributed by atoms with Gasteiger partial charge in [-0.05, 0) is 42.5 Å². The van der Waals surface area contributed by atoms with Gasteiger partial charge in [0, 0.05) is 26.9 Å². The second-order valence-electron chi connectivity index (χ2n) is 6.49. The minimum Gasteiger partial charge on any atom is -0.488 e. The number of hydrogen-bond donors (Lipinski definition) is 0. The fourth-order valence-electron chi connectivity index (χ4n) is 3.27. The number of rotatable bonds is 4. The molecule has 3 aromatic rings. The first kappa shape index (κ1) is 15.2. The SMILES string of the molecule is O=C(c1cc2c(s1)-c1ccccc1OC2)N(Cc1cccs1)C1CC1. The summed E-state index contributed by atoms with van der Waals surface area (Å²) in [5, 5.41) is 2.07. The molecule has 0 atom stereocenters. The van der Waals surface area contributed by atoms with Crippen LogP contribution < -0.4 is 4.74 Å². The summed E-state index contributed by atoms with van der Waals surface area (Å²) in [5.41, 5.74) is 2.22. The predicted octanol–water partition coefficient (Wildman–Crippen LogP) is 5.17. The van der Waals surface area contributed by atoms with Crippen LogP contribution in [0.5, 0.6) is 5.75 Å². The molecule has 1 fully saturated rings. The molecule has 25 heavy (non-hydrogen) atoms. The van der Waals surface area contributed by atoms with Crippen molar-refractivity contribution in [1.82, 2.24) is 4.90 Å². The van der Waals surface area contributed by atoms with Gasteiger partial charge in [-0.2, -0.15) is 0 Å². The maximum atomic E-state index is 13.2. The second kappa shape index (κ2) is 6.00. The number of nitrogens with zero attached hydrogens (tertiary/aromatic N) is 1. The van der Waals surface area contributed by atoms with Crippen LogP contribution in [0.1, 0.15) is 33.0 Å². The molecule has 1 saturated carbocycles. The summed E-state index contributed by atoms with van der Waals surface area (Å²) in [6.07, 6.45) is 2.24. The molecule has 0 radical (unpaired) electrons. The van der Waals surface area contributed by atoms with Crippen molar-refractivity contribution in [2.45, 2.75) is 32.0 Å². The Labute approximate surface area is 154 Å². The number of amides is 1. The van der Waals surface area contributed by atoms with Gasteiger partial charge in [0.1, 0.15) is 12.4 Å². The lowest BCUT2D eigenvalue weighted by atomic mass is 10.1. The maximum absolute atomic E-state index is 13.2. The first-order valence-electron chi connectivity index (χ1n) is 8.48. The Kier molecular flexibility index (Phi) is 3.64. The van der Waals surface area contributed by atoms with Crippen LogP contribution in [0.3, 0.4) is 0 Å². The summed E-state index contributed by atoms with van der Waals surface area (Å²) in [5.74, 6) is 1.07. The van der Waals surface area contributed by atoms with Crippen molar-refractivity contribution in [3.63, 3.8) is 0 Å². The van der Waals surface area contributed by atoms with Crippen LogP contribution in [0.25, 0.3) is 10.4 Å². The topological polar surface area (TPSA) is 29.5 Å². The van der Waals surface area contributed by atoms with Crippen molar-refractivity contribution in [3.05, 3.63) is 63.2 Å². The van der Waals surface area contributed by atoms with Crippen LogP contribution in [0, 0.1) is 0 Å². The number of ether oxygens (including phenoxy) is 1. The van der Waals surface area contributed by atoms with Crippen LogP contribution >= 0.6 is 22.7 Å². The van der Waals surface area contributed by atoms with Crippen molar-refractivity contribution >= 4 is 28.6 Å². The Morgan fingerprint density at radius 2 is 2.08 bits per heavy atom. The highest BCUT2D eigenvalue weighted by atomic mass is 32.1. The highest BCUT2D eigenvalue weighted by Gasteiger charge is 2.34. The Morgan fingerprint density at radius 3 is 2.88 bits per heavy atom. The van der Waals surface area contributed by atoms with Crippen molar-refractivity contribution in [3.8, 4) is 16.2 Å². The average Bonchev–Trinajstić information content (AvgIpc) is 3.18. The summed E-state index contributed by atoms with van der Waals surface area (Å²) < 4.78 is 5.83. The molecule has 0 unspecified atom stereocenters. The molecule has 1 aliphatic heterocycles. The third kappa shape index (κ3) is 2.77. The fourth-order valence-corrected chi connectivity index (χ4v) is 5.13. The van der Waals surface area contributed by atoms with E-state index in [4.69, 9.17) is 4.74 Å². The molecule has 0 bridgehead atoms. The first-order chi connectivity index (χ1) is 12.3. The van der Waals surface area contributed by atoms with E-state index in [0.29, 0.717) is 12.6 Å². The summed E-state index contributed by atoms with van der Waals surface area (Å²) in [6, 6.07) is 14.7. The lowest BCUT2D eigenvalue weighted by Crippen LogP contribution is -2.31. The van der Waals surface area contributed by atoms with Gasteiger partial charge < -0.3 is 9.64 Å². The molecular formula is C20H17NO2S2. The van der Waals surface area contributed by atoms with Crippen molar-refractivity contribution in [2.24, 2.45) is 0 Å². The average molecular weight is 367 g/mol. The van der Waals surface area contributed by atoms with Gasteiger partial charge in [-0.1, -0.05) is 18.2 Å². The van der Waals surface area contributed by atoms with E-state index in [-0.39, 0.29) is 5.91 Å². The predicted molar refractivity (Wildman–Crippen MR) is 101 cm³/mol. The molecule has 0 spiro atoms. The van der Waals surface area contributed by atoms with Crippen LogP contribution in [0.4, 0.5) is 0 Å². The van der Waals surface area contributed by atoms with Gasteiger partial charge in [-0.25, -0.2) is 0 Å². The van der Waals surface area contributed by atoms with Gasteiger partial charge in [-0.15, -0.1) is 22.7 Å². The van der Waals surface area contributed by atoms with Gasteiger partial charge in [0.2, 0.25) is 0 Å². The van der Waals surface area contributed by atoms with Crippen LogP contribution in [-0.4, -0.2) is 16.8 Å². The summed E-state index contributed by atoms with van der Waals surface area (Å²) in [4.78, 5) is 18.5. The van der Waals surface area contributed by atoms with E-state index in [9.17, 15) is 4.79 Å². The van der Waals surface area contributed by atoms with Crippen molar-refractivity contribution < 1.29 is 9.53 Å². The molecule has 2 aromatic heterocycles. The molecule has 0 N–H and O–H groups in total. The van der Waals surface area contributed by atoms with Gasteiger partial charge in [0.05, 0.1) is 11.4 Å². The lowest BCUT2D eigenvalue weighted by Gasteiger charge is -2.21. The quantitative estimate of drug-likeness (QED) is 0.636. The highest BCUT2D eigenvalue weighted by molar-refractivity contribution is 7.17. The molecule has 2 aliphatic rings. The molecular weight excluding hydrogens is 350 g/mol. The number of thiophene rings is 2. The largest absolute Gasteiger partial charge is 0.488 e. The fraction of sp³-hybridized carbons (Fsp3) is 0.250. The third-order valence-corrected chi connectivity index (χ3v) is 6.75. The monoisotopic (exact) mass is 367 g/mol. The zero-order valence-electron chi connectivity index (χ0n) is 13.6. The maximum Gasteiger partial charge on any atom is 0.264 e. The summed E-state index contributed by atoms with van der Waals surface area (Å²) in [7, 11) is 0. The van der Waals surface area contributed by atoms with E-state index in [1.165, 1.54) is 9.75 Å². The Morgan fingerprint density at radius 1 is 1.20 bits per heavy atom. The molecule has 1 aromatic carbocycles. The molecule has 3 heterocycles. The summed E-state index contributed by atoms with van der Waals surface area (Å²) >= 11 is 3.32. The second-order valence-corrected chi connectivity index (χ2v) is 8.58. The number of benzene rings is 1. The molecule has 1 aliphatic carbocycles. The van der Waals surface area contributed by atoms with E-state index >= 15 is 0 Å². The lowest BCUT2D eigenvalue weighted by molar-refractivity contribution is 0.0736. The van der Waals surface area contributed by atoms with E-state index in [0.717, 1.165) is 41.1 Å². The third-order valence-electron chi connectivity index (χ3n) is 4.69. The normalized spacial score (nSPS) is 15.2. The number of hydrogen-bond acceptors (Lipinski definition) is 4. The van der Waals surface area contributed by atoms with Crippen LogP contribution in [-0.2, 0) is 13.2 Å². The van der Waals surface area contributed by atoms with Crippen molar-refractivity contribution in [1.29, 1.82) is 0 Å². The zero-order chi connectivity index (χ0) is 16.8. The van der Waals surface area contributed by atoms with E-state index in [2.05, 4.69) is 22.4 Å². The molecule has 0 saturated heterocycles. The molecule has 126 valence electrons. The van der Waals surface area contributed by atoms with Gasteiger partial charge >= 0.3 is 0 Å². The Bertz CT molecular complexity index is 925. The minimum absolute atomic E-state index is 0.160. The molecule has 1 amide bonds. The van der Waals surface area contributed by atoms with E-state index in [1.54, 1.807) is 22.7 Å².